The fourth-order valence-electron chi connectivity index (χ4n) is 3.01. The summed E-state index contributed by atoms with van der Waals surface area (Å²) in [6.07, 6.45) is 1.68. The van der Waals surface area contributed by atoms with Crippen molar-refractivity contribution in [1.82, 2.24) is 9.80 Å². The maximum atomic E-state index is 12.7. The molecule has 4 rings (SSSR count). The van der Waals surface area contributed by atoms with Crippen LogP contribution in [0.3, 0.4) is 0 Å². The monoisotopic (exact) mass is 348 g/mol. The first-order valence-electron chi connectivity index (χ1n) is 7.84. The number of rotatable bonds is 3. The third-order valence-corrected chi connectivity index (χ3v) is 4.57. The second-order valence-electron chi connectivity index (χ2n) is 5.84. The predicted octanol–water partition coefficient (Wildman–Crippen LogP) is 2.62. The van der Waals surface area contributed by atoms with Crippen LogP contribution in [0.4, 0.5) is 0 Å². The highest BCUT2D eigenvalue weighted by Crippen LogP contribution is 2.40. The number of benzene rings is 1. The summed E-state index contributed by atoms with van der Waals surface area (Å²) in [6.45, 7) is 3.87. The van der Waals surface area contributed by atoms with Gasteiger partial charge in [0.25, 0.3) is 5.91 Å². The topological polar surface area (TPSA) is 55.2 Å². The van der Waals surface area contributed by atoms with Gasteiger partial charge in [-0.25, -0.2) is 0 Å². The highest BCUT2D eigenvalue weighted by atomic mass is 35.5. The number of piperazine rings is 1. The molecular formula is C17H17ClN2O4. The van der Waals surface area contributed by atoms with Gasteiger partial charge in [0.2, 0.25) is 6.79 Å². The van der Waals surface area contributed by atoms with E-state index in [2.05, 4.69) is 4.90 Å². The number of nitrogens with zero attached hydrogens (tertiary/aromatic N) is 2. The molecule has 2 aliphatic rings. The molecule has 0 bridgehead atoms. The van der Waals surface area contributed by atoms with Gasteiger partial charge in [-0.3, -0.25) is 9.69 Å². The van der Waals surface area contributed by atoms with Crippen molar-refractivity contribution < 1.29 is 18.7 Å². The number of ether oxygens (including phenoxy) is 2. The van der Waals surface area contributed by atoms with Crippen molar-refractivity contribution in [3.05, 3.63) is 46.9 Å². The molecule has 0 unspecified atom stereocenters. The zero-order valence-electron chi connectivity index (χ0n) is 13.0. The Hall–Kier alpha value is -2.18. The molecule has 0 radical (unpaired) electrons. The summed E-state index contributed by atoms with van der Waals surface area (Å²) < 4.78 is 16.0. The molecule has 1 saturated heterocycles. The number of halogens is 1. The first kappa shape index (κ1) is 15.4. The second-order valence-corrected chi connectivity index (χ2v) is 6.25. The minimum Gasteiger partial charge on any atom is -0.468 e. The minimum absolute atomic E-state index is 0.0344. The number of carbonyl (C=O) groups is 1. The molecule has 0 atom stereocenters. The third-order valence-electron chi connectivity index (χ3n) is 4.29. The Morgan fingerprint density at radius 1 is 1.17 bits per heavy atom. The Morgan fingerprint density at radius 3 is 2.75 bits per heavy atom. The van der Waals surface area contributed by atoms with E-state index in [1.165, 1.54) is 0 Å². The number of furan rings is 1. The Balaban J connectivity index is 1.40. The molecule has 1 fully saturated rings. The van der Waals surface area contributed by atoms with Crippen LogP contribution in [0.25, 0.3) is 0 Å². The SMILES string of the molecule is O=C(c1cc(Cl)c2c(c1)OCO2)N1CCN(Cc2ccco2)CC1. The summed E-state index contributed by atoms with van der Waals surface area (Å²) in [6, 6.07) is 7.20. The van der Waals surface area contributed by atoms with Gasteiger partial charge in [0.15, 0.2) is 11.5 Å². The molecule has 126 valence electrons. The summed E-state index contributed by atoms with van der Waals surface area (Å²) >= 11 is 6.17. The van der Waals surface area contributed by atoms with Gasteiger partial charge in [-0.2, -0.15) is 0 Å². The van der Waals surface area contributed by atoms with Crippen molar-refractivity contribution in [2.24, 2.45) is 0 Å². The molecule has 2 aliphatic heterocycles. The smallest absolute Gasteiger partial charge is 0.254 e. The van der Waals surface area contributed by atoms with E-state index in [0.29, 0.717) is 35.2 Å². The van der Waals surface area contributed by atoms with E-state index in [9.17, 15) is 4.79 Å². The van der Waals surface area contributed by atoms with Gasteiger partial charge in [0.1, 0.15) is 5.76 Å². The van der Waals surface area contributed by atoms with Crippen LogP contribution in [0.15, 0.2) is 34.9 Å². The number of amides is 1. The molecule has 6 nitrogen and oxygen atoms in total. The lowest BCUT2D eigenvalue weighted by molar-refractivity contribution is 0.0620. The Labute approximate surface area is 144 Å². The average Bonchev–Trinajstić information content (AvgIpc) is 3.26. The highest BCUT2D eigenvalue weighted by Gasteiger charge is 2.26. The van der Waals surface area contributed by atoms with Gasteiger partial charge < -0.3 is 18.8 Å². The summed E-state index contributed by atoms with van der Waals surface area (Å²) in [5, 5.41) is 0.407. The first-order chi connectivity index (χ1) is 11.7. The zero-order chi connectivity index (χ0) is 16.5. The fraction of sp³-hybridized carbons (Fsp3) is 0.353. The standard InChI is InChI=1S/C17H17ClN2O4/c18-14-8-12(9-15-16(14)24-11-23-15)17(21)20-5-3-19(4-6-20)10-13-2-1-7-22-13/h1-2,7-9H,3-6,10-11H2. The lowest BCUT2D eigenvalue weighted by Crippen LogP contribution is -2.48. The summed E-state index contributed by atoms with van der Waals surface area (Å²) in [5.41, 5.74) is 0.531. The molecule has 0 spiro atoms. The molecule has 1 aromatic carbocycles. The van der Waals surface area contributed by atoms with Gasteiger partial charge >= 0.3 is 0 Å². The van der Waals surface area contributed by atoms with E-state index in [0.717, 1.165) is 25.4 Å². The van der Waals surface area contributed by atoms with Gasteiger partial charge in [-0.05, 0) is 24.3 Å². The molecule has 24 heavy (non-hydrogen) atoms. The average molecular weight is 349 g/mol. The van der Waals surface area contributed by atoms with Crippen LogP contribution in [0.2, 0.25) is 5.02 Å². The van der Waals surface area contributed by atoms with Crippen LogP contribution in [-0.2, 0) is 6.54 Å². The number of fused-ring (bicyclic) bond motifs is 1. The van der Waals surface area contributed by atoms with Gasteiger partial charge in [0, 0.05) is 31.7 Å². The fourth-order valence-corrected chi connectivity index (χ4v) is 3.27. The maximum absolute atomic E-state index is 12.7. The first-order valence-corrected chi connectivity index (χ1v) is 8.21. The van der Waals surface area contributed by atoms with Crippen LogP contribution in [-0.4, -0.2) is 48.7 Å². The lowest BCUT2D eigenvalue weighted by Gasteiger charge is -2.34. The molecule has 0 aliphatic carbocycles. The van der Waals surface area contributed by atoms with Crippen LogP contribution in [0, 0.1) is 0 Å². The predicted molar refractivity (Wildman–Crippen MR) is 87.5 cm³/mol. The Bertz CT molecular complexity index is 739. The Kier molecular flexibility index (Phi) is 4.08. The van der Waals surface area contributed by atoms with Gasteiger partial charge in [-0.15, -0.1) is 0 Å². The summed E-state index contributed by atoms with van der Waals surface area (Å²) in [7, 11) is 0. The van der Waals surface area contributed by atoms with E-state index in [4.69, 9.17) is 25.5 Å². The van der Waals surface area contributed by atoms with Crippen molar-refractivity contribution in [3.63, 3.8) is 0 Å². The second kappa shape index (κ2) is 6.37. The molecule has 1 aromatic heterocycles. The molecule has 0 saturated carbocycles. The molecule has 7 heteroatoms. The van der Waals surface area contributed by atoms with Crippen molar-refractivity contribution in [2.75, 3.05) is 33.0 Å². The maximum Gasteiger partial charge on any atom is 0.254 e. The van der Waals surface area contributed by atoms with E-state index in [1.807, 2.05) is 17.0 Å². The van der Waals surface area contributed by atoms with Crippen LogP contribution in [0.5, 0.6) is 11.5 Å². The minimum atomic E-state index is -0.0344. The summed E-state index contributed by atoms with van der Waals surface area (Å²) in [4.78, 5) is 16.8. The quantitative estimate of drug-likeness (QED) is 0.853. The number of carbonyl (C=O) groups excluding carboxylic acids is 1. The van der Waals surface area contributed by atoms with Crippen molar-refractivity contribution in [2.45, 2.75) is 6.54 Å². The lowest BCUT2D eigenvalue weighted by atomic mass is 10.1. The number of hydrogen-bond acceptors (Lipinski definition) is 5. The van der Waals surface area contributed by atoms with E-state index >= 15 is 0 Å². The molecule has 0 N–H and O–H groups in total. The third kappa shape index (κ3) is 2.95. The molecule has 3 heterocycles. The van der Waals surface area contributed by atoms with Gasteiger partial charge in [-0.1, -0.05) is 11.6 Å². The van der Waals surface area contributed by atoms with Crippen molar-refractivity contribution in [1.29, 1.82) is 0 Å². The Morgan fingerprint density at radius 2 is 2.00 bits per heavy atom. The van der Waals surface area contributed by atoms with Crippen LogP contribution in [0.1, 0.15) is 16.1 Å². The van der Waals surface area contributed by atoms with E-state index < -0.39 is 0 Å². The van der Waals surface area contributed by atoms with E-state index in [1.54, 1.807) is 18.4 Å². The van der Waals surface area contributed by atoms with Crippen LogP contribution >= 0.6 is 11.6 Å². The highest BCUT2D eigenvalue weighted by molar-refractivity contribution is 6.32. The molecular weight excluding hydrogens is 332 g/mol. The largest absolute Gasteiger partial charge is 0.468 e. The van der Waals surface area contributed by atoms with Gasteiger partial charge in [0.05, 0.1) is 17.8 Å². The van der Waals surface area contributed by atoms with E-state index in [-0.39, 0.29) is 12.7 Å². The molecule has 2 aromatic rings. The van der Waals surface area contributed by atoms with Crippen molar-refractivity contribution >= 4 is 17.5 Å². The normalized spacial score (nSPS) is 17.3. The zero-order valence-corrected chi connectivity index (χ0v) is 13.8. The molecule has 1 amide bonds. The van der Waals surface area contributed by atoms with Crippen LogP contribution < -0.4 is 9.47 Å². The van der Waals surface area contributed by atoms with Crippen molar-refractivity contribution in [3.8, 4) is 11.5 Å². The number of hydrogen-bond donors (Lipinski definition) is 0. The summed E-state index contributed by atoms with van der Waals surface area (Å²) in [5.74, 6) is 1.95.